The molecule has 0 aliphatic heterocycles. The number of Topliss-reactive ketones (excluding diaryl/α,β-unsaturated/α-hetero) is 4. The molecule has 0 spiro atoms. The van der Waals surface area contributed by atoms with Gasteiger partial charge in [0.15, 0.2) is 35.5 Å². The lowest BCUT2D eigenvalue weighted by atomic mass is 9.48. The summed E-state index contributed by atoms with van der Waals surface area (Å²) < 4.78 is 105. The molecule has 32 atom stereocenters. The molecule has 0 saturated heterocycles. The quantitative estimate of drug-likeness (QED) is 0.0732. The Morgan fingerprint density at radius 2 is 0.603 bits per heavy atom. The SMILES string of the molecule is CC#C[C@@]1(O)CC[C@@H]2C3CC[C@@]4(C)C(CC[C@@H]4C(=O)CSS(C)(=O)=O)C3CC[C@@H]2C1.CC[C@@]1(O)CC[C@@H]2C3CC[C@@]4(C)C(CC[C@@H]4C(=O)CSS(C)(=O)=O)C3CC[C@@H]2C1.C[C@@]1(O)CC[C@@H]2C3CC[C@@]4(C)C(CC[C@@H]4C(=O)CSS(C)(=O)=O)C3CC[C@@H]2C1.C[C@]12CCC3C(CC[C@@H]4C[C@@](O)(CF)CC[C@H]34)C1CC[C@@H]2C(=O)CSS(C)(=O)=O. The first-order chi connectivity index (χ1) is 54.2. The van der Waals surface area contributed by atoms with E-state index in [-0.39, 0.29) is 91.5 Å². The standard InChI is InChI=1S/C24H36O4S2.C23H38O4S2.C22H35FO4S2.C22H36O4S2/c1-4-11-24(26)13-10-17-16(14-24)5-6-19-18(17)9-12-23(2)20(19)7-8-21(23)22(25)15-29-30(3,27)28;1-4-23(25)12-10-16-15(13-23)5-6-18-17(16)9-11-22(2)19(18)7-8-20(22)21(24)14-28-29(3,26)27;1-21-9-7-16-15-8-10-22(25,13-23)11-14(15)3-4-17(16)18(21)5-6-19(21)20(24)12-28-29(2,26)27;1-21(24)10-8-15-14(12-21)4-5-17-16(15)9-11-22(2)18(17)6-7-19(22)20(23)13-27-28(3,25)26/h16-21,26H,5-10,12-15H2,1-3H3;15-20,25H,4-14H2,1-3H3;14-19,25H,3-13H2,1-2H3;14-19,24H,4-13H2,1-3H3/t16-,17+,18?,19?,20?,21-,23+,24-;15-,16+,17?,18?,19?,20-,22+,23-;14-,15+,16?,17?,18?,19-,21+,22-;14-,15+,16?,17?,18?,19-,21-,22+/m1111/s1. The van der Waals surface area contributed by atoms with E-state index in [1.54, 1.807) is 0 Å². The molecule has 0 radical (unpaired) electrons. The van der Waals surface area contributed by atoms with Gasteiger partial charge in [0.05, 0.1) is 39.8 Å². The molecule has 0 amide bonds. The zero-order valence-electron chi connectivity index (χ0n) is 71.9. The van der Waals surface area contributed by atoms with E-state index in [4.69, 9.17) is 0 Å². The second-order valence-corrected chi connectivity index (χ2v) is 60.8. The number of hydrogen-bond donors (Lipinski definition) is 4. The molecule has 16 saturated carbocycles. The molecule has 16 aliphatic rings. The van der Waals surface area contributed by atoms with Crippen LogP contribution in [-0.2, 0) is 54.7 Å². The Morgan fingerprint density at radius 1 is 0.336 bits per heavy atom. The smallest absolute Gasteiger partial charge is 0.199 e. The molecule has 0 aromatic carbocycles. The molecule has 12 unspecified atom stereocenters. The minimum atomic E-state index is -3.19. The Bertz CT molecular complexity index is 4000. The van der Waals surface area contributed by atoms with Gasteiger partial charge >= 0.3 is 0 Å². The van der Waals surface area contributed by atoms with Crippen molar-refractivity contribution in [2.75, 3.05) is 54.7 Å². The molecule has 116 heavy (non-hydrogen) atoms. The summed E-state index contributed by atoms with van der Waals surface area (Å²) in [5.41, 5.74) is -2.64. The predicted octanol–water partition coefficient (Wildman–Crippen LogP) is 17.4. The fourth-order valence-electron chi connectivity index (χ4n) is 31.9. The molecule has 0 heterocycles. The van der Waals surface area contributed by atoms with E-state index in [0.717, 1.165) is 245 Å². The molecular formula is C91H145FO16S8. The highest BCUT2D eigenvalue weighted by Gasteiger charge is 2.64. The third kappa shape index (κ3) is 19.7. The van der Waals surface area contributed by atoms with Gasteiger partial charge in [0.1, 0.15) is 35.4 Å². The van der Waals surface area contributed by atoms with Crippen molar-refractivity contribution in [2.24, 2.45) is 164 Å². The lowest BCUT2D eigenvalue weighted by Gasteiger charge is -2.57. The summed E-state index contributed by atoms with van der Waals surface area (Å²) >= 11 is 0. The fourth-order valence-corrected chi connectivity index (χ4v) is 37.9. The van der Waals surface area contributed by atoms with Crippen LogP contribution in [0, 0.1) is 176 Å². The third-order valence-corrected chi connectivity index (χ3v) is 46.8. The number of carbonyl (C=O) groups is 4. The first kappa shape index (κ1) is 92.9. The van der Waals surface area contributed by atoms with Crippen LogP contribution in [-0.4, -0.2) is 154 Å². The number of ketones is 4. The lowest BCUT2D eigenvalue weighted by Crippen LogP contribution is -2.52. The van der Waals surface area contributed by atoms with Crippen molar-refractivity contribution in [1.29, 1.82) is 0 Å². The summed E-state index contributed by atoms with van der Waals surface area (Å²) in [4.78, 5) is 51.7. The molecular weight excluding hydrogens is 1620 g/mol. The Balaban J connectivity index is 0.000000135. The average molecular weight is 1770 g/mol. The van der Waals surface area contributed by atoms with Crippen molar-refractivity contribution >= 4 is 102 Å². The first-order valence-corrected chi connectivity index (χ1v) is 59.1. The summed E-state index contributed by atoms with van der Waals surface area (Å²) in [5, 5.41) is 42.6. The normalized spacial score (nSPS) is 47.0. The molecule has 16 aliphatic carbocycles. The highest BCUT2D eigenvalue weighted by Crippen LogP contribution is 2.70. The van der Waals surface area contributed by atoms with Crippen LogP contribution in [0.2, 0.25) is 0 Å². The summed E-state index contributed by atoms with van der Waals surface area (Å²) in [5.74, 6) is 20.3. The van der Waals surface area contributed by atoms with Crippen LogP contribution >= 0.6 is 43.2 Å². The van der Waals surface area contributed by atoms with E-state index in [0.29, 0.717) is 89.8 Å². The van der Waals surface area contributed by atoms with Gasteiger partial charge in [-0.15, -0.1) is 5.92 Å². The minimum absolute atomic E-state index is 0.00249. The van der Waals surface area contributed by atoms with E-state index < -0.39 is 64.6 Å². The maximum absolute atomic E-state index is 13.3. The van der Waals surface area contributed by atoms with E-state index in [2.05, 4.69) is 46.5 Å². The molecule has 25 heteroatoms. The summed E-state index contributed by atoms with van der Waals surface area (Å²) in [6.07, 6.45) is 43.4. The second kappa shape index (κ2) is 35.4. The fraction of sp³-hybridized carbons (Fsp3) is 0.934. The number of alkyl halides is 1. The average Bonchev–Trinajstić information content (AvgIpc) is 1.51. The van der Waals surface area contributed by atoms with Crippen LogP contribution < -0.4 is 0 Å². The van der Waals surface area contributed by atoms with Crippen molar-refractivity contribution in [2.45, 2.75) is 308 Å². The maximum atomic E-state index is 13.3. The third-order valence-electron chi connectivity index (χ3n) is 36.9. The molecule has 0 aromatic heterocycles. The van der Waals surface area contributed by atoms with E-state index in [1.807, 2.05) is 13.8 Å². The monoisotopic (exact) mass is 1770 g/mol. The highest BCUT2D eigenvalue weighted by molar-refractivity contribution is 8.73. The van der Waals surface area contributed by atoms with Crippen molar-refractivity contribution in [1.82, 2.24) is 0 Å². The number of fused-ring (bicyclic) bond motifs is 20. The van der Waals surface area contributed by atoms with Gasteiger partial charge in [-0.05, 0) is 435 Å². The predicted molar refractivity (Wildman–Crippen MR) is 467 cm³/mol. The lowest BCUT2D eigenvalue weighted by molar-refractivity contribution is -0.131. The Kier molecular flexibility index (Phi) is 28.4. The molecule has 0 bridgehead atoms. The molecule has 660 valence electrons. The van der Waals surface area contributed by atoms with Crippen LogP contribution in [0.4, 0.5) is 4.39 Å². The summed E-state index contributed by atoms with van der Waals surface area (Å²) in [6, 6.07) is 0. The summed E-state index contributed by atoms with van der Waals surface area (Å²) in [6.45, 7) is 14.6. The zero-order chi connectivity index (χ0) is 84.1. The van der Waals surface area contributed by atoms with Crippen molar-refractivity contribution in [3.05, 3.63) is 0 Å². The molecule has 0 aromatic rings. The molecule has 4 N–H and O–H groups in total. The highest BCUT2D eigenvalue weighted by atomic mass is 33.2. The number of hydrogen-bond acceptors (Lipinski definition) is 20. The Morgan fingerprint density at radius 3 is 0.897 bits per heavy atom. The van der Waals surface area contributed by atoms with Crippen molar-refractivity contribution < 1.29 is 77.7 Å². The topological polar surface area (TPSA) is 286 Å². The number of aliphatic hydroxyl groups is 4. The molecule has 16 fully saturated rings. The first-order valence-electron chi connectivity index (χ1n) is 45.6. The second-order valence-electron chi connectivity index (χ2n) is 43.0. The maximum Gasteiger partial charge on any atom is 0.199 e. The zero-order valence-corrected chi connectivity index (χ0v) is 78.4. The van der Waals surface area contributed by atoms with E-state index in [1.165, 1.54) is 89.2 Å². The van der Waals surface area contributed by atoms with Crippen LogP contribution in [0.15, 0.2) is 0 Å². The number of rotatable bonds is 18. The van der Waals surface area contributed by atoms with E-state index >= 15 is 0 Å². The van der Waals surface area contributed by atoms with Gasteiger partial charge in [-0.2, -0.15) is 0 Å². The van der Waals surface area contributed by atoms with Crippen LogP contribution in [0.5, 0.6) is 0 Å². The van der Waals surface area contributed by atoms with Gasteiger partial charge in [-0.1, -0.05) is 40.5 Å². The summed E-state index contributed by atoms with van der Waals surface area (Å²) in [7, 11) is -9.52. The largest absolute Gasteiger partial charge is 0.390 e. The Labute approximate surface area is 712 Å². The number of carbonyl (C=O) groups excluding carboxylic acids is 4. The van der Waals surface area contributed by atoms with Crippen molar-refractivity contribution in [3.63, 3.8) is 0 Å². The molecule has 16 nitrogen and oxygen atoms in total. The molecule has 16 rings (SSSR count). The minimum Gasteiger partial charge on any atom is -0.390 e. The number of halogens is 1. The van der Waals surface area contributed by atoms with Gasteiger partial charge in [0.25, 0.3) is 0 Å². The van der Waals surface area contributed by atoms with Crippen LogP contribution in [0.25, 0.3) is 0 Å². The van der Waals surface area contributed by atoms with E-state index in [9.17, 15) is 77.7 Å². The van der Waals surface area contributed by atoms with Gasteiger partial charge < -0.3 is 20.4 Å². The van der Waals surface area contributed by atoms with Gasteiger partial charge in [0, 0.05) is 48.7 Å². The van der Waals surface area contributed by atoms with Gasteiger partial charge in [0.2, 0.25) is 0 Å². The van der Waals surface area contributed by atoms with Gasteiger partial charge in [-0.25, -0.2) is 38.1 Å². The van der Waals surface area contributed by atoms with Crippen molar-refractivity contribution in [3.8, 4) is 11.8 Å². The Hall–Kier alpha value is -0.790. The van der Waals surface area contributed by atoms with Crippen LogP contribution in [0.1, 0.15) is 286 Å². The van der Waals surface area contributed by atoms with Crippen LogP contribution in [0.3, 0.4) is 0 Å². The van der Waals surface area contributed by atoms with Gasteiger partial charge in [-0.3, -0.25) is 19.2 Å².